The number of nitrogens with zero attached hydrogens (tertiary/aromatic N) is 2. The van der Waals surface area contributed by atoms with Gasteiger partial charge in [0.05, 0.1) is 11.3 Å². The van der Waals surface area contributed by atoms with E-state index in [1.54, 1.807) is 0 Å². The summed E-state index contributed by atoms with van der Waals surface area (Å²) in [6, 6.07) is 3.15. The van der Waals surface area contributed by atoms with Crippen molar-refractivity contribution < 1.29 is 9.18 Å². The molecule has 20 heavy (non-hydrogen) atoms. The Balaban J connectivity index is 2.21. The van der Waals surface area contributed by atoms with Crippen LogP contribution in [0.3, 0.4) is 0 Å². The van der Waals surface area contributed by atoms with Crippen molar-refractivity contribution in [2.45, 2.75) is 18.9 Å². The van der Waals surface area contributed by atoms with Gasteiger partial charge in [0.15, 0.2) is 0 Å². The van der Waals surface area contributed by atoms with Crippen LogP contribution in [0.5, 0.6) is 0 Å². The van der Waals surface area contributed by atoms with Crippen molar-refractivity contribution in [3.05, 3.63) is 23.5 Å². The van der Waals surface area contributed by atoms with Crippen LogP contribution in [0.15, 0.2) is 12.1 Å². The molecular weight excluding hydrogens is 259 g/mol. The van der Waals surface area contributed by atoms with Gasteiger partial charge in [0.2, 0.25) is 0 Å². The summed E-state index contributed by atoms with van der Waals surface area (Å²) in [6.07, 6.45) is 1.92. The van der Waals surface area contributed by atoms with Crippen LogP contribution in [-0.4, -0.2) is 44.0 Å². The number of carbonyl (C=O) groups excluding carboxylic acids is 1. The Bertz CT molecular complexity index is 510. The summed E-state index contributed by atoms with van der Waals surface area (Å²) < 4.78 is 14.0. The number of amides is 1. The highest BCUT2D eigenvalue weighted by Gasteiger charge is 2.23. The third-order valence-electron chi connectivity index (χ3n) is 3.92. The fourth-order valence-corrected chi connectivity index (χ4v) is 2.66. The fourth-order valence-electron chi connectivity index (χ4n) is 2.66. The van der Waals surface area contributed by atoms with Crippen LogP contribution in [-0.2, 0) is 0 Å². The predicted molar refractivity (Wildman–Crippen MR) is 78.3 cm³/mol. The molecule has 1 aromatic rings. The Morgan fingerprint density at radius 3 is 2.45 bits per heavy atom. The van der Waals surface area contributed by atoms with E-state index in [4.69, 9.17) is 11.5 Å². The maximum Gasteiger partial charge on any atom is 0.250 e. The lowest BCUT2D eigenvalue weighted by Gasteiger charge is -2.36. The number of rotatable bonds is 3. The second kappa shape index (κ2) is 5.66. The van der Waals surface area contributed by atoms with Crippen LogP contribution in [0.25, 0.3) is 0 Å². The van der Waals surface area contributed by atoms with Gasteiger partial charge in [-0.05, 0) is 39.1 Å². The van der Waals surface area contributed by atoms with E-state index >= 15 is 0 Å². The van der Waals surface area contributed by atoms with Gasteiger partial charge in [-0.1, -0.05) is 0 Å². The number of halogens is 1. The van der Waals surface area contributed by atoms with Crippen LogP contribution in [0.2, 0.25) is 0 Å². The quantitative estimate of drug-likeness (QED) is 0.811. The smallest absolute Gasteiger partial charge is 0.250 e. The summed E-state index contributed by atoms with van der Waals surface area (Å²) in [7, 11) is 4.10. The molecule has 0 saturated carbocycles. The second-order valence-electron chi connectivity index (χ2n) is 5.44. The number of hydrogen-bond acceptors (Lipinski definition) is 4. The summed E-state index contributed by atoms with van der Waals surface area (Å²) in [6.45, 7) is 1.50. The van der Waals surface area contributed by atoms with Gasteiger partial charge >= 0.3 is 0 Å². The Morgan fingerprint density at radius 1 is 1.35 bits per heavy atom. The van der Waals surface area contributed by atoms with Crippen molar-refractivity contribution in [1.29, 1.82) is 0 Å². The van der Waals surface area contributed by atoms with Crippen molar-refractivity contribution in [2.24, 2.45) is 5.73 Å². The molecule has 1 aliphatic heterocycles. The van der Waals surface area contributed by atoms with E-state index in [2.05, 4.69) is 19.0 Å². The maximum atomic E-state index is 14.0. The monoisotopic (exact) mass is 280 g/mol. The van der Waals surface area contributed by atoms with Crippen molar-refractivity contribution in [2.75, 3.05) is 37.8 Å². The van der Waals surface area contributed by atoms with Crippen LogP contribution in [0, 0.1) is 5.82 Å². The standard InChI is InChI=1S/C14H21FN4O/c1-18(2)9-3-5-19(6-4-9)13-7-10(14(17)20)12(16)8-11(13)15/h7-9H,3-6,16H2,1-2H3,(H2,17,20). The molecule has 4 N–H and O–H groups in total. The second-order valence-corrected chi connectivity index (χ2v) is 5.44. The number of nitrogens with two attached hydrogens (primary N) is 2. The SMILES string of the molecule is CN(C)C1CCN(c2cc(C(N)=O)c(N)cc2F)CC1. The van der Waals surface area contributed by atoms with E-state index < -0.39 is 11.7 Å². The van der Waals surface area contributed by atoms with Crippen molar-refractivity contribution in [3.8, 4) is 0 Å². The number of nitrogen functional groups attached to an aromatic ring is 1. The molecule has 6 heteroatoms. The highest BCUT2D eigenvalue weighted by Crippen LogP contribution is 2.28. The van der Waals surface area contributed by atoms with Gasteiger partial charge in [-0.15, -0.1) is 0 Å². The average molecular weight is 280 g/mol. The molecular formula is C14H21FN4O. The Morgan fingerprint density at radius 2 is 1.95 bits per heavy atom. The lowest BCUT2D eigenvalue weighted by molar-refractivity contribution is 0.100. The number of benzene rings is 1. The summed E-state index contributed by atoms with van der Waals surface area (Å²) in [5.74, 6) is -1.04. The highest BCUT2D eigenvalue weighted by atomic mass is 19.1. The van der Waals surface area contributed by atoms with Crippen LogP contribution >= 0.6 is 0 Å². The van der Waals surface area contributed by atoms with Crippen molar-refractivity contribution >= 4 is 17.3 Å². The molecule has 1 aliphatic rings. The molecule has 0 aliphatic carbocycles. The molecule has 0 bridgehead atoms. The predicted octanol–water partition coefficient (Wildman–Crippen LogP) is 1.04. The zero-order valence-electron chi connectivity index (χ0n) is 11.9. The summed E-state index contributed by atoms with van der Waals surface area (Å²) in [5.41, 5.74) is 11.5. The van der Waals surface area contributed by atoms with Crippen molar-refractivity contribution in [1.82, 2.24) is 4.90 Å². The molecule has 1 heterocycles. The normalized spacial score (nSPS) is 16.7. The first-order valence-corrected chi connectivity index (χ1v) is 6.70. The Labute approximate surface area is 118 Å². The molecule has 5 nitrogen and oxygen atoms in total. The molecule has 0 radical (unpaired) electrons. The van der Waals surface area contributed by atoms with Gasteiger partial charge in [-0.3, -0.25) is 4.79 Å². The van der Waals surface area contributed by atoms with Gasteiger partial charge < -0.3 is 21.3 Å². The van der Waals surface area contributed by atoms with Gasteiger partial charge in [-0.25, -0.2) is 4.39 Å². The summed E-state index contributed by atoms with van der Waals surface area (Å²) >= 11 is 0. The average Bonchev–Trinajstić information content (AvgIpc) is 2.38. The van der Waals surface area contributed by atoms with Crippen LogP contribution in [0.1, 0.15) is 23.2 Å². The minimum Gasteiger partial charge on any atom is -0.398 e. The van der Waals surface area contributed by atoms with E-state index in [9.17, 15) is 9.18 Å². The molecule has 0 unspecified atom stereocenters. The van der Waals surface area contributed by atoms with Gasteiger partial charge in [0.25, 0.3) is 5.91 Å². The number of hydrogen-bond donors (Lipinski definition) is 2. The highest BCUT2D eigenvalue weighted by molar-refractivity contribution is 5.99. The van der Waals surface area contributed by atoms with E-state index in [0.717, 1.165) is 25.9 Å². The van der Waals surface area contributed by atoms with E-state index in [0.29, 0.717) is 11.7 Å². The first kappa shape index (κ1) is 14.6. The van der Waals surface area contributed by atoms with Gasteiger partial charge in [0, 0.05) is 24.8 Å². The Kier molecular flexibility index (Phi) is 4.13. The molecule has 110 valence electrons. The minimum atomic E-state index is -0.632. The molecule has 1 saturated heterocycles. The Hall–Kier alpha value is -1.82. The largest absolute Gasteiger partial charge is 0.398 e. The van der Waals surface area contributed by atoms with Crippen LogP contribution in [0.4, 0.5) is 15.8 Å². The van der Waals surface area contributed by atoms with E-state index in [1.165, 1.54) is 12.1 Å². The van der Waals surface area contributed by atoms with Gasteiger partial charge in [-0.2, -0.15) is 0 Å². The number of anilines is 2. The minimum absolute atomic E-state index is 0.0851. The maximum absolute atomic E-state index is 14.0. The van der Waals surface area contributed by atoms with Crippen LogP contribution < -0.4 is 16.4 Å². The molecule has 2 rings (SSSR count). The molecule has 1 amide bonds. The molecule has 0 aromatic heterocycles. The third-order valence-corrected chi connectivity index (χ3v) is 3.92. The van der Waals surface area contributed by atoms with Gasteiger partial charge in [0.1, 0.15) is 5.82 Å². The summed E-state index contributed by atoms with van der Waals surface area (Å²) in [5, 5.41) is 0. The fraction of sp³-hybridized carbons (Fsp3) is 0.500. The molecule has 1 fully saturated rings. The first-order valence-electron chi connectivity index (χ1n) is 6.70. The topological polar surface area (TPSA) is 75.6 Å². The number of piperidine rings is 1. The van der Waals surface area contributed by atoms with Crippen molar-refractivity contribution in [3.63, 3.8) is 0 Å². The first-order chi connectivity index (χ1) is 9.40. The zero-order chi connectivity index (χ0) is 14.9. The molecule has 0 spiro atoms. The lowest BCUT2D eigenvalue weighted by Crippen LogP contribution is -2.42. The van der Waals surface area contributed by atoms with E-state index in [-0.39, 0.29) is 11.3 Å². The molecule has 0 atom stereocenters. The lowest BCUT2D eigenvalue weighted by atomic mass is 10.0. The summed E-state index contributed by atoms with van der Waals surface area (Å²) in [4.78, 5) is 15.4. The molecule has 1 aromatic carbocycles. The third kappa shape index (κ3) is 2.85. The number of carbonyl (C=O) groups is 1. The van der Waals surface area contributed by atoms with E-state index in [1.807, 2.05) is 4.90 Å². The zero-order valence-corrected chi connectivity index (χ0v) is 11.9. The number of primary amides is 1.